The SMILES string of the molecule is COC1(C)CCCN(S(=O)(=O)c2ccc(CCl)o2)C1. The van der Waals surface area contributed by atoms with E-state index in [-0.39, 0.29) is 11.0 Å². The standard InChI is InChI=1S/C12H18ClNO4S/c1-12(17-2)6-3-7-14(9-12)19(15,16)11-5-4-10(8-13)18-11/h4-5H,3,6-9H2,1-2H3. The molecule has 0 aliphatic carbocycles. The van der Waals surface area contributed by atoms with Crippen molar-refractivity contribution in [1.29, 1.82) is 0 Å². The highest BCUT2D eigenvalue weighted by atomic mass is 35.5. The molecule has 1 aromatic rings. The molecule has 1 atom stereocenters. The Morgan fingerprint density at radius 3 is 2.84 bits per heavy atom. The van der Waals surface area contributed by atoms with Crippen LogP contribution in [0.3, 0.4) is 0 Å². The minimum Gasteiger partial charge on any atom is -0.447 e. The molecule has 5 nitrogen and oxygen atoms in total. The number of ether oxygens (including phenoxy) is 1. The van der Waals surface area contributed by atoms with Gasteiger partial charge >= 0.3 is 0 Å². The number of halogens is 1. The van der Waals surface area contributed by atoms with E-state index in [0.29, 0.717) is 18.8 Å². The van der Waals surface area contributed by atoms with Gasteiger partial charge in [-0.1, -0.05) is 0 Å². The molecule has 1 unspecified atom stereocenters. The van der Waals surface area contributed by atoms with Crippen LogP contribution in [0.2, 0.25) is 0 Å². The highest BCUT2D eigenvalue weighted by molar-refractivity contribution is 7.89. The molecule has 0 saturated carbocycles. The molecule has 1 aliphatic heterocycles. The zero-order valence-corrected chi connectivity index (χ0v) is 12.6. The Balaban J connectivity index is 2.24. The zero-order valence-electron chi connectivity index (χ0n) is 11.1. The fraction of sp³-hybridized carbons (Fsp3) is 0.667. The predicted molar refractivity (Wildman–Crippen MR) is 71.7 cm³/mol. The number of piperidine rings is 1. The molecule has 2 rings (SSSR count). The van der Waals surface area contributed by atoms with Crippen molar-refractivity contribution >= 4 is 21.6 Å². The van der Waals surface area contributed by atoms with Gasteiger partial charge in [0.2, 0.25) is 5.09 Å². The first kappa shape index (κ1) is 14.8. The molecule has 1 fully saturated rings. The molecular formula is C12H18ClNO4S. The van der Waals surface area contributed by atoms with Gasteiger partial charge in [-0.25, -0.2) is 8.42 Å². The third kappa shape index (κ3) is 2.97. The summed E-state index contributed by atoms with van der Waals surface area (Å²) in [6.07, 6.45) is 1.62. The van der Waals surface area contributed by atoms with Crippen LogP contribution in [-0.4, -0.2) is 38.5 Å². The second-order valence-electron chi connectivity index (χ2n) is 4.95. The number of methoxy groups -OCH3 is 1. The summed E-state index contributed by atoms with van der Waals surface area (Å²) < 4.78 is 37.0. The van der Waals surface area contributed by atoms with Crippen molar-refractivity contribution in [3.05, 3.63) is 17.9 Å². The van der Waals surface area contributed by atoms with Crippen LogP contribution in [0, 0.1) is 0 Å². The largest absolute Gasteiger partial charge is 0.447 e. The van der Waals surface area contributed by atoms with E-state index in [1.54, 1.807) is 13.2 Å². The molecular weight excluding hydrogens is 290 g/mol. The van der Waals surface area contributed by atoms with E-state index in [4.69, 9.17) is 20.8 Å². The van der Waals surface area contributed by atoms with Crippen LogP contribution >= 0.6 is 11.6 Å². The number of hydrogen-bond acceptors (Lipinski definition) is 4. The molecule has 0 spiro atoms. The second-order valence-corrected chi connectivity index (χ2v) is 7.09. The summed E-state index contributed by atoms with van der Waals surface area (Å²) in [5, 5.41) is -0.0523. The Kier molecular flexibility index (Phi) is 4.25. The lowest BCUT2D eigenvalue weighted by molar-refractivity contribution is -0.0321. The Bertz CT molecular complexity index is 542. The first-order valence-electron chi connectivity index (χ1n) is 6.11. The molecule has 1 saturated heterocycles. The average molecular weight is 308 g/mol. The molecule has 0 amide bonds. The lowest BCUT2D eigenvalue weighted by atomic mass is 9.96. The molecule has 0 N–H and O–H groups in total. The highest BCUT2D eigenvalue weighted by Gasteiger charge is 2.38. The van der Waals surface area contributed by atoms with Gasteiger partial charge in [0.1, 0.15) is 5.76 Å². The third-order valence-electron chi connectivity index (χ3n) is 3.48. The smallest absolute Gasteiger partial charge is 0.276 e. The molecule has 1 aliphatic rings. The van der Waals surface area contributed by atoms with Crippen molar-refractivity contribution in [2.75, 3.05) is 20.2 Å². The minimum absolute atomic E-state index is 0.0523. The summed E-state index contributed by atoms with van der Waals surface area (Å²) in [7, 11) is -2.00. The van der Waals surface area contributed by atoms with E-state index in [2.05, 4.69) is 0 Å². The summed E-state index contributed by atoms with van der Waals surface area (Å²) in [6, 6.07) is 3.03. The van der Waals surface area contributed by atoms with E-state index < -0.39 is 15.6 Å². The molecule has 2 heterocycles. The normalized spacial score (nSPS) is 25.6. The number of nitrogens with zero attached hydrogens (tertiary/aromatic N) is 1. The fourth-order valence-corrected chi connectivity index (χ4v) is 3.89. The van der Waals surface area contributed by atoms with Crippen LogP contribution in [0.15, 0.2) is 21.6 Å². The quantitative estimate of drug-likeness (QED) is 0.800. The number of rotatable bonds is 4. The number of alkyl halides is 1. The number of furan rings is 1. The van der Waals surface area contributed by atoms with E-state index >= 15 is 0 Å². The van der Waals surface area contributed by atoms with Crippen LogP contribution in [-0.2, 0) is 20.6 Å². The predicted octanol–water partition coefficient (Wildman–Crippen LogP) is 2.21. The molecule has 0 aromatic carbocycles. The van der Waals surface area contributed by atoms with Gasteiger partial charge in [0.05, 0.1) is 11.5 Å². The van der Waals surface area contributed by atoms with Crippen LogP contribution in [0.25, 0.3) is 0 Å². The molecule has 108 valence electrons. The lowest BCUT2D eigenvalue weighted by Gasteiger charge is -2.38. The molecule has 0 bridgehead atoms. The van der Waals surface area contributed by atoms with E-state index in [1.807, 2.05) is 6.92 Å². The summed E-state index contributed by atoms with van der Waals surface area (Å²) in [5.74, 6) is 0.609. The van der Waals surface area contributed by atoms with Crippen molar-refractivity contribution in [3.8, 4) is 0 Å². The molecule has 19 heavy (non-hydrogen) atoms. The van der Waals surface area contributed by atoms with Gasteiger partial charge in [0, 0.05) is 20.2 Å². The topological polar surface area (TPSA) is 59.8 Å². The Hall–Kier alpha value is -0.560. The maximum absolute atomic E-state index is 12.5. The summed E-state index contributed by atoms with van der Waals surface area (Å²) >= 11 is 5.62. The van der Waals surface area contributed by atoms with Crippen molar-refractivity contribution in [2.45, 2.75) is 36.3 Å². The minimum atomic E-state index is -3.60. The second kappa shape index (κ2) is 5.44. The first-order valence-corrected chi connectivity index (χ1v) is 8.09. The third-order valence-corrected chi connectivity index (χ3v) is 5.46. The van der Waals surface area contributed by atoms with Crippen molar-refractivity contribution in [2.24, 2.45) is 0 Å². The maximum atomic E-state index is 12.5. The Labute approximate surface area is 118 Å². The average Bonchev–Trinajstić information content (AvgIpc) is 2.88. The highest BCUT2D eigenvalue weighted by Crippen LogP contribution is 2.29. The van der Waals surface area contributed by atoms with Crippen molar-refractivity contribution < 1.29 is 17.6 Å². The first-order chi connectivity index (χ1) is 8.91. The Morgan fingerprint density at radius 1 is 1.53 bits per heavy atom. The van der Waals surface area contributed by atoms with Crippen LogP contribution in [0.1, 0.15) is 25.5 Å². The van der Waals surface area contributed by atoms with Gasteiger partial charge in [-0.2, -0.15) is 4.31 Å². The summed E-state index contributed by atoms with van der Waals surface area (Å²) in [6.45, 7) is 2.74. The number of sulfonamides is 1. The lowest BCUT2D eigenvalue weighted by Crippen LogP contribution is -2.49. The van der Waals surface area contributed by atoms with Crippen LogP contribution < -0.4 is 0 Å². The van der Waals surface area contributed by atoms with Crippen LogP contribution in [0.4, 0.5) is 0 Å². The van der Waals surface area contributed by atoms with Gasteiger partial charge in [0.15, 0.2) is 0 Å². The fourth-order valence-electron chi connectivity index (χ4n) is 2.23. The van der Waals surface area contributed by atoms with E-state index in [1.165, 1.54) is 10.4 Å². The maximum Gasteiger partial charge on any atom is 0.276 e. The van der Waals surface area contributed by atoms with Crippen LogP contribution in [0.5, 0.6) is 0 Å². The van der Waals surface area contributed by atoms with Gasteiger partial charge in [-0.15, -0.1) is 11.6 Å². The summed E-state index contributed by atoms with van der Waals surface area (Å²) in [5.41, 5.74) is -0.437. The number of hydrogen-bond donors (Lipinski definition) is 0. The van der Waals surface area contributed by atoms with Crippen molar-refractivity contribution in [1.82, 2.24) is 4.31 Å². The van der Waals surface area contributed by atoms with Gasteiger partial charge in [-0.3, -0.25) is 0 Å². The molecule has 7 heteroatoms. The van der Waals surface area contributed by atoms with Gasteiger partial charge in [-0.05, 0) is 31.9 Å². The Morgan fingerprint density at radius 2 is 2.26 bits per heavy atom. The van der Waals surface area contributed by atoms with Gasteiger partial charge in [0.25, 0.3) is 10.0 Å². The monoisotopic (exact) mass is 307 g/mol. The molecule has 0 radical (unpaired) electrons. The van der Waals surface area contributed by atoms with E-state index in [9.17, 15) is 8.42 Å². The van der Waals surface area contributed by atoms with Crippen molar-refractivity contribution in [3.63, 3.8) is 0 Å². The summed E-state index contributed by atoms with van der Waals surface area (Å²) in [4.78, 5) is 0. The zero-order chi connectivity index (χ0) is 14.1. The van der Waals surface area contributed by atoms with E-state index in [0.717, 1.165) is 12.8 Å². The molecule has 1 aromatic heterocycles. The van der Waals surface area contributed by atoms with Gasteiger partial charge < -0.3 is 9.15 Å².